The summed E-state index contributed by atoms with van der Waals surface area (Å²) in [5.74, 6) is -0.391. The Labute approximate surface area is 118 Å². The van der Waals surface area contributed by atoms with Crippen LogP contribution in [-0.4, -0.2) is 17.4 Å². The molecule has 1 rings (SSSR count). The van der Waals surface area contributed by atoms with Gasteiger partial charge in [0.15, 0.2) is 0 Å². The van der Waals surface area contributed by atoms with Crippen LogP contribution in [0.4, 0.5) is 4.39 Å². The number of hydrogen-bond donors (Lipinski definition) is 1. The summed E-state index contributed by atoms with van der Waals surface area (Å²) in [7, 11) is 1.89. The lowest BCUT2D eigenvalue weighted by atomic mass is 10.2. The average Bonchev–Trinajstić information content (AvgIpc) is 2.44. The smallest absolute Gasteiger partial charge is 0.146 e. The first-order valence-electron chi connectivity index (χ1n) is 6.59. The normalized spacial score (nSPS) is 12.2. The van der Waals surface area contributed by atoms with Gasteiger partial charge in [0.1, 0.15) is 16.9 Å². The lowest BCUT2D eigenvalue weighted by Gasteiger charge is -2.16. The third-order valence-electron chi connectivity index (χ3n) is 2.86. The number of nitrogens with zero attached hydrogens (tertiary/aromatic N) is 2. The highest BCUT2D eigenvalue weighted by molar-refractivity contribution is 7.99. The number of rotatable bonds is 7. The Hall–Kier alpha value is -1.12. The van der Waals surface area contributed by atoms with Crippen LogP contribution in [0.1, 0.15) is 44.4 Å². The molecule has 1 heterocycles. The zero-order valence-electron chi connectivity index (χ0n) is 11.7. The highest BCUT2D eigenvalue weighted by Crippen LogP contribution is 2.27. The van der Waals surface area contributed by atoms with Gasteiger partial charge in [-0.1, -0.05) is 38.5 Å². The fourth-order valence-corrected chi connectivity index (χ4v) is 2.78. The maximum atomic E-state index is 13.6. The van der Waals surface area contributed by atoms with Crippen LogP contribution in [0, 0.1) is 17.1 Å². The second kappa shape index (κ2) is 8.13. The predicted molar refractivity (Wildman–Crippen MR) is 76.5 cm³/mol. The molecule has 1 atom stereocenters. The Bertz CT molecular complexity index is 457. The van der Waals surface area contributed by atoms with Crippen molar-refractivity contribution in [3.63, 3.8) is 0 Å². The molecule has 0 saturated heterocycles. The van der Waals surface area contributed by atoms with Gasteiger partial charge in [-0.2, -0.15) is 5.26 Å². The van der Waals surface area contributed by atoms with Crippen molar-refractivity contribution in [2.75, 3.05) is 7.05 Å². The molecule has 3 nitrogen and oxygen atoms in total. The highest BCUT2D eigenvalue weighted by atomic mass is 32.2. The van der Waals surface area contributed by atoms with Crippen molar-refractivity contribution in [3.8, 4) is 6.07 Å². The van der Waals surface area contributed by atoms with Gasteiger partial charge in [0.25, 0.3) is 0 Å². The van der Waals surface area contributed by atoms with Crippen LogP contribution in [-0.2, 0) is 6.42 Å². The molecule has 0 aliphatic heterocycles. The maximum Gasteiger partial charge on any atom is 0.146 e. The fourth-order valence-electron chi connectivity index (χ4n) is 1.71. The summed E-state index contributed by atoms with van der Waals surface area (Å²) in [6, 6.07) is 3.31. The number of nitriles is 1. The Morgan fingerprint density at radius 1 is 1.53 bits per heavy atom. The topological polar surface area (TPSA) is 48.7 Å². The van der Waals surface area contributed by atoms with Crippen LogP contribution >= 0.6 is 11.8 Å². The number of thioether (sulfide) groups is 1. The third-order valence-corrected chi connectivity index (χ3v) is 4.16. The Kier molecular flexibility index (Phi) is 6.82. The molecule has 1 unspecified atom stereocenters. The molecule has 0 aliphatic carbocycles. The number of aromatic nitrogens is 1. The zero-order chi connectivity index (χ0) is 14.3. The van der Waals surface area contributed by atoms with Crippen LogP contribution in [0.3, 0.4) is 0 Å². The van der Waals surface area contributed by atoms with Crippen molar-refractivity contribution < 1.29 is 4.39 Å². The first-order valence-corrected chi connectivity index (χ1v) is 7.47. The van der Waals surface area contributed by atoms with Crippen molar-refractivity contribution in [2.45, 2.75) is 49.9 Å². The van der Waals surface area contributed by atoms with Crippen molar-refractivity contribution in [1.82, 2.24) is 10.3 Å². The van der Waals surface area contributed by atoms with Gasteiger partial charge in [0.2, 0.25) is 0 Å². The summed E-state index contributed by atoms with van der Waals surface area (Å²) >= 11 is 1.51. The van der Waals surface area contributed by atoms with Crippen LogP contribution in [0.15, 0.2) is 11.1 Å². The van der Waals surface area contributed by atoms with E-state index >= 15 is 0 Å². The van der Waals surface area contributed by atoms with Crippen LogP contribution < -0.4 is 5.32 Å². The molecule has 1 aromatic heterocycles. The Balaban J connectivity index is 2.95. The summed E-state index contributed by atoms with van der Waals surface area (Å²) in [6.45, 7) is 4.00. The van der Waals surface area contributed by atoms with Gasteiger partial charge in [-0.25, -0.2) is 9.37 Å². The molecule has 0 fully saturated rings. The van der Waals surface area contributed by atoms with Crippen molar-refractivity contribution >= 4 is 11.8 Å². The average molecular weight is 281 g/mol. The molecule has 1 N–H and O–H groups in total. The van der Waals surface area contributed by atoms with Gasteiger partial charge in [-0.05, 0) is 26.0 Å². The summed E-state index contributed by atoms with van der Waals surface area (Å²) in [4.78, 5) is 4.28. The molecule has 0 spiro atoms. The minimum atomic E-state index is -0.391. The Morgan fingerprint density at radius 3 is 2.79 bits per heavy atom. The Morgan fingerprint density at radius 2 is 2.26 bits per heavy atom. The monoisotopic (exact) mass is 281 g/mol. The van der Waals surface area contributed by atoms with E-state index in [1.807, 2.05) is 20.0 Å². The van der Waals surface area contributed by atoms with Crippen LogP contribution in [0.5, 0.6) is 0 Å². The van der Waals surface area contributed by atoms with Gasteiger partial charge >= 0.3 is 0 Å². The van der Waals surface area contributed by atoms with E-state index in [0.29, 0.717) is 22.7 Å². The number of hydrogen-bond acceptors (Lipinski definition) is 4. The van der Waals surface area contributed by atoms with Gasteiger partial charge < -0.3 is 5.32 Å². The van der Waals surface area contributed by atoms with E-state index in [4.69, 9.17) is 5.26 Å². The molecular weight excluding hydrogens is 261 g/mol. The van der Waals surface area contributed by atoms with Crippen LogP contribution in [0.25, 0.3) is 0 Å². The molecule has 0 amide bonds. The van der Waals surface area contributed by atoms with Gasteiger partial charge in [-0.3, -0.25) is 0 Å². The zero-order valence-corrected chi connectivity index (χ0v) is 12.5. The fraction of sp³-hybridized carbons (Fsp3) is 0.571. The predicted octanol–water partition coefficient (Wildman–Crippen LogP) is 3.48. The lowest BCUT2D eigenvalue weighted by Crippen LogP contribution is -2.21. The number of unbranched alkanes of at least 4 members (excludes halogenated alkanes) is 1. The first-order chi connectivity index (χ1) is 9.15. The number of aryl methyl sites for hydroxylation is 1. The minimum absolute atomic E-state index is 0.203. The van der Waals surface area contributed by atoms with Crippen molar-refractivity contribution in [3.05, 3.63) is 23.1 Å². The van der Waals surface area contributed by atoms with E-state index in [9.17, 15) is 4.39 Å². The van der Waals surface area contributed by atoms with Crippen molar-refractivity contribution in [2.24, 2.45) is 0 Å². The first kappa shape index (κ1) is 15.9. The van der Waals surface area contributed by atoms with Gasteiger partial charge in [-0.15, -0.1) is 0 Å². The number of nitrogens with one attached hydrogen (secondary N) is 1. The largest absolute Gasteiger partial charge is 0.308 e. The standard InChI is InChI=1S/C14H20FN3S/c1-4-6-7-13(17-3)19-14-10(9-16)8-11(15)12(5-2)18-14/h8,13,17H,4-7H2,1-3H3. The molecular formula is C14H20FN3S. The van der Waals surface area contributed by atoms with E-state index in [-0.39, 0.29) is 5.37 Å². The quantitative estimate of drug-likeness (QED) is 0.614. The van der Waals surface area contributed by atoms with Crippen LogP contribution in [0.2, 0.25) is 0 Å². The number of halogens is 1. The molecule has 0 aromatic carbocycles. The molecule has 0 radical (unpaired) electrons. The second-order valence-electron chi connectivity index (χ2n) is 4.27. The highest BCUT2D eigenvalue weighted by Gasteiger charge is 2.15. The van der Waals surface area contributed by atoms with E-state index < -0.39 is 5.82 Å². The van der Waals surface area contributed by atoms with E-state index in [1.165, 1.54) is 17.8 Å². The van der Waals surface area contributed by atoms with E-state index in [2.05, 4.69) is 17.2 Å². The summed E-state index contributed by atoms with van der Waals surface area (Å²) in [6.07, 6.45) is 3.77. The van der Waals surface area contributed by atoms with E-state index in [0.717, 1.165) is 19.3 Å². The second-order valence-corrected chi connectivity index (χ2v) is 5.46. The molecule has 5 heteroatoms. The minimum Gasteiger partial charge on any atom is -0.308 e. The van der Waals surface area contributed by atoms with Gasteiger partial charge in [0.05, 0.1) is 16.6 Å². The van der Waals surface area contributed by atoms with Gasteiger partial charge in [0, 0.05) is 0 Å². The molecule has 1 aromatic rings. The maximum absolute atomic E-state index is 13.6. The molecule has 0 bridgehead atoms. The van der Waals surface area contributed by atoms with E-state index in [1.54, 1.807) is 0 Å². The summed E-state index contributed by atoms with van der Waals surface area (Å²) in [5.41, 5.74) is 0.739. The molecule has 19 heavy (non-hydrogen) atoms. The molecule has 104 valence electrons. The lowest BCUT2D eigenvalue weighted by molar-refractivity contribution is 0.594. The third kappa shape index (κ3) is 4.48. The summed E-state index contributed by atoms with van der Waals surface area (Å²) < 4.78 is 13.6. The summed E-state index contributed by atoms with van der Waals surface area (Å²) in [5, 5.41) is 13.1. The molecule has 0 saturated carbocycles. The SMILES string of the molecule is CCCCC(NC)Sc1nc(CC)c(F)cc1C#N. The van der Waals surface area contributed by atoms with Crippen molar-refractivity contribution in [1.29, 1.82) is 5.26 Å². The number of pyridine rings is 1. The molecule has 0 aliphatic rings.